The molecule has 0 unspecified atom stereocenters. The second-order valence-electron chi connectivity index (χ2n) is 6.94. The van der Waals surface area contributed by atoms with E-state index in [0.717, 1.165) is 52.1 Å². The first kappa shape index (κ1) is 17.4. The molecule has 2 saturated heterocycles. The van der Waals surface area contributed by atoms with E-state index in [0.29, 0.717) is 19.0 Å². The van der Waals surface area contributed by atoms with Crippen LogP contribution in [0.4, 0.5) is 0 Å². The quantitative estimate of drug-likeness (QED) is 0.809. The molecule has 0 atom stereocenters. The van der Waals surface area contributed by atoms with E-state index in [2.05, 4.69) is 28.0 Å². The third-order valence-corrected chi connectivity index (χ3v) is 5.28. The van der Waals surface area contributed by atoms with Gasteiger partial charge in [0.2, 0.25) is 5.91 Å². The van der Waals surface area contributed by atoms with Crippen molar-refractivity contribution in [3.8, 4) is 0 Å². The van der Waals surface area contributed by atoms with E-state index in [1.807, 2.05) is 15.8 Å². The number of aromatic nitrogens is 2. The second kappa shape index (κ2) is 8.09. The lowest BCUT2D eigenvalue weighted by Gasteiger charge is -2.36. The van der Waals surface area contributed by atoms with Crippen molar-refractivity contribution < 1.29 is 9.90 Å². The molecule has 0 saturated carbocycles. The summed E-state index contributed by atoms with van der Waals surface area (Å²) in [5.41, 5.74) is 1.22. The summed E-state index contributed by atoms with van der Waals surface area (Å²) in [6.07, 6.45) is 3.91. The highest BCUT2D eigenvalue weighted by atomic mass is 16.3. The number of aliphatic hydroxyl groups excluding tert-OH is 1. The fourth-order valence-electron chi connectivity index (χ4n) is 3.71. The number of carbonyl (C=O) groups excluding carboxylic acids is 1. The molecule has 2 fully saturated rings. The molecule has 134 valence electrons. The van der Waals surface area contributed by atoms with Crippen molar-refractivity contribution in [3.05, 3.63) is 18.0 Å². The molecule has 2 aliphatic heterocycles. The Morgan fingerprint density at radius 2 is 1.92 bits per heavy atom. The maximum absolute atomic E-state index is 12.4. The lowest BCUT2D eigenvalue weighted by Crippen LogP contribution is -2.50. The number of piperazine rings is 1. The lowest BCUT2D eigenvalue weighted by molar-refractivity contribution is -0.134. The number of hydrogen-bond donors (Lipinski definition) is 1. The van der Waals surface area contributed by atoms with Gasteiger partial charge in [-0.15, -0.1) is 0 Å². The largest absolute Gasteiger partial charge is 0.394 e. The highest BCUT2D eigenvalue weighted by Gasteiger charge is 2.26. The standard InChI is InChI=1S/C17H29N5O2/c1-19-8-10-21(11-9-19)17(24)14-20-6-3-15(4-7-20)16-2-5-18-22(16)12-13-23/h2,5,15,23H,3-4,6-14H2,1H3. The van der Waals surface area contributed by atoms with Crippen LogP contribution in [0.2, 0.25) is 0 Å². The maximum Gasteiger partial charge on any atom is 0.236 e. The van der Waals surface area contributed by atoms with Gasteiger partial charge >= 0.3 is 0 Å². The van der Waals surface area contributed by atoms with Crippen LogP contribution in [0.25, 0.3) is 0 Å². The third-order valence-electron chi connectivity index (χ3n) is 5.28. The second-order valence-corrected chi connectivity index (χ2v) is 6.94. The van der Waals surface area contributed by atoms with Crippen molar-refractivity contribution in [1.82, 2.24) is 24.5 Å². The average molecular weight is 335 g/mol. The Morgan fingerprint density at radius 1 is 1.21 bits per heavy atom. The highest BCUT2D eigenvalue weighted by Crippen LogP contribution is 2.27. The summed E-state index contributed by atoms with van der Waals surface area (Å²) in [6.45, 7) is 6.79. The zero-order valence-electron chi connectivity index (χ0n) is 14.6. The molecule has 1 amide bonds. The van der Waals surface area contributed by atoms with Crippen molar-refractivity contribution in [2.75, 3.05) is 59.5 Å². The van der Waals surface area contributed by atoms with Crippen LogP contribution in [0.3, 0.4) is 0 Å². The molecule has 2 aliphatic rings. The van der Waals surface area contributed by atoms with Crippen molar-refractivity contribution >= 4 is 5.91 Å². The fraction of sp³-hybridized carbons (Fsp3) is 0.765. The molecule has 0 radical (unpaired) electrons. The minimum Gasteiger partial charge on any atom is -0.394 e. The van der Waals surface area contributed by atoms with Gasteiger partial charge in [0.15, 0.2) is 0 Å². The van der Waals surface area contributed by atoms with Crippen molar-refractivity contribution in [1.29, 1.82) is 0 Å². The minimum absolute atomic E-state index is 0.118. The minimum atomic E-state index is 0.118. The maximum atomic E-state index is 12.4. The van der Waals surface area contributed by atoms with Crippen LogP contribution < -0.4 is 0 Å². The van der Waals surface area contributed by atoms with E-state index in [1.54, 1.807) is 0 Å². The van der Waals surface area contributed by atoms with Crippen LogP contribution in [-0.4, -0.2) is 95.0 Å². The number of nitrogens with zero attached hydrogens (tertiary/aromatic N) is 5. The van der Waals surface area contributed by atoms with Gasteiger partial charge in [-0.1, -0.05) is 0 Å². The summed E-state index contributed by atoms with van der Waals surface area (Å²) in [6, 6.07) is 2.06. The smallest absolute Gasteiger partial charge is 0.236 e. The Bertz CT molecular complexity index is 531. The van der Waals surface area contributed by atoms with Gasteiger partial charge in [0, 0.05) is 44.0 Å². The summed E-state index contributed by atoms with van der Waals surface area (Å²) in [7, 11) is 2.11. The van der Waals surface area contributed by atoms with Crippen LogP contribution in [0.15, 0.2) is 12.3 Å². The topological polar surface area (TPSA) is 64.8 Å². The summed E-state index contributed by atoms with van der Waals surface area (Å²) in [5.74, 6) is 0.751. The lowest BCUT2D eigenvalue weighted by atomic mass is 9.93. The number of amides is 1. The molecule has 0 aliphatic carbocycles. The zero-order chi connectivity index (χ0) is 16.9. The predicted octanol–water partition coefficient (Wildman–Crippen LogP) is -0.171. The molecule has 0 spiro atoms. The van der Waals surface area contributed by atoms with E-state index in [9.17, 15) is 4.79 Å². The molecule has 7 nitrogen and oxygen atoms in total. The number of rotatable bonds is 5. The van der Waals surface area contributed by atoms with Crippen molar-refractivity contribution in [2.45, 2.75) is 25.3 Å². The van der Waals surface area contributed by atoms with Crippen molar-refractivity contribution in [3.63, 3.8) is 0 Å². The molecule has 24 heavy (non-hydrogen) atoms. The molecular weight excluding hydrogens is 306 g/mol. The number of aliphatic hydroxyl groups is 1. The zero-order valence-corrected chi connectivity index (χ0v) is 14.6. The van der Waals surface area contributed by atoms with Gasteiger partial charge in [-0.3, -0.25) is 14.4 Å². The fourth-order valence-corrected chi connectivity index (χ4v) is 3.71. The monoisotopic (exact) mass is 335 g/mol. The van der Waals surface area contributed by atoms with E-state index in [4.69, 9.17) is 5.11 Å². The molecule has 3 rings (SSSR count). The van der Waals surface area contributed by atoms with E-state index in [-0.39, 0.29) is 12.5 Å². The van der Waals surface area contributed by atoms with Crippen LogP contribution in [0.1, 0.15) is 24.5 Å². The molecule has 1 aromatic rings. The Hall–Kier alpha value is -1.44. The van der Waals surface area contributed by atoms with Crippen LogP contribution >= 0.6 is 0 Å². The first-order valence-corrected chi connectivity index (χ1v) is 8.98. The first-order chi connectivity index (χ1) is 11.7. The number of piperidine rings is 1. The molecule has 7 heteroatoms. The molecule has 3 heterocycles. The van der Waals surface area contributed by atoms with Gasteiger partial charge in [0.1, 0.15) is 0 Å². The number of likely N-dealkylation sites (N-methyl/N-ethyl adjacent to an activating group) is 1. The Labute approximate surface area is 143 Å². The summed E-state index contributed by atoms with van der Waals surface area (Å²) >= 11 is 0. The van der Waals surface area contributed by atoms with Crippen LogP contribution in [-0.2, 0) is 11.3 Å². The molecule has 0 bridgehead atoms. The molecule has 1 aromatic heterocycles. The third kappa shape index (κ3) is 4.15. The van der Waals surface area contributed by atoms with Gasteiger partial charge < -0.3 is 14.9 Å². The Kier molecular flexibility index (Phi) is 5.86. The van der Waals surface area contributed by atoms with E-state index in [1.165, 1.54) is 5.69 Å². The number of hydrogen-bond acceptors (Lipinski definition) is 5. The predicted molar refractivity (Wildman–Crippen MR) is 91.8 cm³/mol. The van der Waals surface area contributed by atoms with E-state index < -0.39 is 0 Å². The number of carbonyl (C=O) groups is 1. The van der Waals surface area contributed by atoms with Gasteiger partial charge in [-0.2, -0.15) is 5.10 Å². The van der Waals surface area contributed by atoms with Crippen LogP contribution in [0.5, 0.6) is 0 Å². The van der Waals surface area contributed by atoms with Gasteiger partial charge in [0.05, 0.1) is 19.7 Å². The molecular formula is C17H29N5O2. The van der Waals surface area contributed by atoms with E-state index >= 15 is 0 Å². The highest BCUT2D eigenvalue weighted by molar-refractivity contribution is 5.78. The van der Waals surface area contributed by atoms with Gasteiger partial charge in [0.25, 0.3) is 0 Å². The summed E-state index contributed by atoms with van der Waals surface area (Å²) in [5, 5.41) is 13.4. The molecule has 1 N–H and O–H groups in total. The van der Waals surface area contributed by atoms with Gasteiger partial charge in [-0.05, 0) is 39.0 Å². The Balaban J connectivity index is 1.46. The summed E-state index contributed by atoms with van der Waals surface area (Å²) < 4.78 is 1.91. The first-order valence-electron chi connectivity index (χ1n) is 8.98. The number of likely N-dealkylation sites (tertiary alicyclic amines) is 1. The SMILES string of the molecule is CN1CCN(C(=O)CN2CCC(c3ccnn3CCO)CC2)CC1. The van der Waals surface area contributed by atoms with Gasteiger partial charge in [-0.25, -0.2) is 0 Å². The molecule has 0 aromatic carbocycles. The summed E-state index contributed by atoms with van der Waals surface area (Å²) in [4.78, 5) is 19.0. The van der Waals surface area contributed by atoms with Crippen molar-refractivity contribution in [2.24, 2.45) is 0 Å². The Morgan fingerprint density at radius 3 is 2.58 bits per heavy atom. The average Bonchev–Trinajstić information content (AvgIpc) is 3.05. The van der Waals surface area contributed by atoms with Crippen LogP contribution in [0, 0.1) is 0 Å². The normalized spacial score (nSPS) is 21.3.